The Labute approximate surface area is 139 Å². The third-order valence-electron chi connectivity index (χ3n) is 4.15. The molecule has 1 aliphatic heterocycles. The predicted octanol–water partition coefficient (Wildman–Crippen LogP) is 2.56. The Hall–Kier alpha value is -1.05. The highest BCUT2D eigenvalue weighted by Gasteiger charge is 2.39. The van der Waals surface area contributed by atoms with E-state index in [0.717, 1.165) is 15.7 Å². The average molecular weight is 386 g/mol. The highest BCUT2D eigenvalue weighted by molar-refractivity contribution is 9.10. The number of fused-ring (bicyclic) bond motifs is 1. The summed E-state index contributed by atoms with van der Waals surface area (Å²) in [7, 11) is -3.19. The third kappa shape index (κ3) is 2.77. The summed E-state index contributed by atoms with van der Waals surface area (Å²) in [6, 6.07) is 6.20. The van der Waals surface area contributed by atoms with Crippen LogP contribution >= 0.6 is 15.9 Å². The van der Waals surface area contributed by atoms with Crippen LogP contribution in [0.15, 0.2) is 35.1 Å². The Kier molecular flexibility index (Phi) is 3.78. The summed E-state index contributed by atoms with van der Waals surface area (Å²) in [4.78, 5) is 2.27. The second kappa shape index (κ2) is 5.25. The van der Waals surface area contributed by atoms with E-state index in [4.69, 9.17) is 0 Å². The fourth-order valence-corrected chi connectivity index (χ4v) is 5.12. The molecule has 0 spiro atoms. The van der Waals surface area contributed by atoms with Gasteiger partial charge in [0.15, 0.2) is 0 Å². The van der Waals surface area contributed by atoms with E-state index in [0.29, 0.717) is 19.6 Å². The molecule has 1 saturated heterocycles. The zero-order valence-electron chi connectivity index (χ0n) is 13.0. The van der Waals surface area contributed by atoms with Crippen molar-refractivity contribution in [3.63, 3.8) is 0 Å². The minimum absolute atomic E-state index is 0.433. The van der Waals surface area contributed by atoms with Crippen molar-refractivity contribution in [3.8, 4) is 0 Å². The van der Waals surface area contributed by atoms with E-state index in [1.165, 1.54) is 6.26 Å². The van der Waals surface area contributed by atoms with Crippen molar-refractivity contribution >= 4 is 37.2 Å². The number of anilines is 1. The fraction of sp³-hybridized carbons (Fsp3) is 0.467. The summed E-state index contributed by atoms with van der Waals surface area (Å²) >= 11 is 3.55. The van der Waals surface area contributed by atoms with Crippen LogP contribution in [-0.4, -0.2) is 48.6 Å². The minimum Gasteiger partial charge on any atom is -0.367 e. The lowest BCUT2D eigenvalue weighted by Crippen LogP contribution is -2.60. The van der Waals surface area contributed by atoms with Crippen molar-refractivity contribution in [2.45, 2.75) is 19.4 Å². The lowest BCUT2D eigenvalue weighted by Gasteiger charge is -2.46. The first-order valence-corrected chi connectivity index (χ1v) is 9.82. The molecule has 0 atom stereocenters. The first-order valence-electron chi connectivity index (χ1n) is 7.17. The summed E-state index contributed by atoms with van der Waals surface area (Å²) in [6.45, 7) is 5.82. The summed E-state index contributed by atoms with van der Waals surface area (Å²) in [6.07, 6.45) is 5.33. The van der Waals surface area contributed by atoms with Crippen LogP contribution in [-0.2, 0) is 10.0 Å². The third-order valence-corrected chi connectivity index (χ3v) is 6.06. The van der Waals surface area contributed by atoms with Crippen molar-refractivity contribution in [1.82, 2.24) is 8.71 Å². The van der Waals surface area contributed by atoms with Gasteiger partial charge in [0.05, 0.1) is 17.5 Å². The van der Waals surface area contributed by atoms with Crippen LogP contribution in [0.5, 0.6) is 0 Å². The van der Waals surface area contributed by atoms with Gasteiger partial charge in [-0.3, -0.25) is 0 Å². The molecule has 3 rings (SSSR count). The van der Waals surface area contributed by atoms with Gasteiger partial charge in [-0.05, 0) is 48.0 Å². The van der Waals surface area contributed by atoms with Gasteiger partial charge in [-0.2, -0.15) is 4.31 Å². The second-order valence-electron chi connectivity index (χ2n) is 6.41. The van der Waals surface area contributed by atoms with Gasteiger partial charge in [-0.25, -0.2) is 8.42 Å². The summed E-state index contributed by atoms with van der Waals surface area (Å²) in [5.74, 6) is 0. The van der Waals surface area contributed by atoms with Crippen molar-refractivity contribution in [3.05, 3.63) is 35.1 Å². The number of piperazine rings is 1. The van der Waals surface area contributed by atoms with Crippen LogP contribution in [0, 0.1) is 0 Å². The average Bonchev–Trinajstić information content (AvgIpc) is 2.82. The van der Waals surface area contributed by atoms with Crippen LogP contribution in [0.3, 0.4) is 0 Å². The normalized spacial score (nSPS) is 19.7. The lowest BCUT2D eigenvalue weighted by atomic mass is 10.0. The molecule has 22 heavy (non-hydrogen) atoms. The molecular weight excluding hydrogens is 366 g/mol. The van der Waals surface area contributed by atoms with E-state index in [-0.39, 0.29) is 0 Å². The largest absolute Gasteiger partial charge is 0.367 e. The number of halogens is 1. The van der Waals surface area contributed by atoms with Crippen LogP contribution < -0.4 is 4.90 Å². The zero-order chi connectivity index (χ0) is 16.1. The molecule has 0 saturated carbocycles. The molecule has 1 aliphatic rings. The van der Waals surface area contributed by atoms with Crippen molar-refractivity contribution in [2.24, 2.45) is 0 Å². The van der Waals surface area contributed by atoms with E-state index in [1.54, 1.807) is 4.31 Å². The molecule has 0 amide bonds. The first-order chi connectivity index (χ1) is 10.2. The van der Waals surface area contributed by atoms with Crippen LogP contribution in [0.2, 0.25) is 0 Å². The Bertz CT molecular complexity index is 813. The number of nitrogens with zero attached hydrogens (tertiary/aromatic N) is 3. The molecule has 3 heterocycles. The molecule has 0 aromatic carbocycles. The molecule has 1 fully saturated rings. The van der Waals surface area contributed by atoms with Crippen LogP contribution in [0.4, 0.5) is 5.69 Å². The van der Waals surface area contributed by atoms with Crippen molar-refractivity contribution < 1.29 is 8.42 Å². The maximum atomic E-state index is 12.0. The molecule has 5 nitrogen and oxygen atoms in total. The number of pyridine rings is 1. The van der Waals surface area contributed by atoms with Crippen LogP contribution in [0.1, 0.15) is 13.8 Å². The number of aromatic nitrogens is 1. The molecule has 0 unspecified atom stereocenters. The van der Waals surface area contributed by atoms with E-state index in [2.05, 4.69) is 37.4 Å². The molecule has 0 bridgehead atoms. The van der Waals surface area contributed by atoms with Gasteiger partial charge >= 0.3 is 0 Å². The second-order valence-corrected chi connectivity index (χ2v) is 9.24. The van der Waals surface area contributed by atoms with Gasteiger partial charge < -0.3 is 9.30 Å². The Morgan fingerprint density at radius 2 is 2.00 bits per heavy atom. The number of rotatable bonds is 2. The molecule has 2 aromatic heterocycles. The van der Waals surface area contributed by atoms with Crippen molar-refractivity contribution in [2.75, 3.05) is 30.8 Å². The van der Waals surface area contributed by atoms with Crippen molar-refractivity contribution in [1.29, 1.82) is 0 Å². The quantitative estimate of drug-likeness (QED) is 0.797. The molecule has 2 aromatic rings. The van der Waals surface area contributed by atoms with E-state index >= 15 is 0 Å². The Morgan fingerprint density at radius 1 is 1.27 bits per heavy atom. The highest BCUT2D eigenvalue weighted by atomic mass is 79.9. The van der Waals surface area contributed by atoms with E-state index < -0.39 is 15.6 Å². The maximum Gasteiger partial charge on any atom is 0.211 e. The first kappa shape index (κ1) is 15.8. The lowest BCUT2D eigenvalue weighted by molar-refractivity contribution is 0.206. The van der Waals surface area contributed by atoms with Crippen LogP contribution in [0.25, 0.3) is 5.52 Å². The zero-order valence-corrected chi connectivity index (χ0v) is 15.4. The van der Waals surface area contributed by atoms with E-state index in [9.17, 15) is 8.42 Å². The molecule has 0 N–H and O–H groups in total. The smallest absolute Gasteiger partial charge is 0.211 e. The van der Waals surface area contributed by atoms with Gasteiger partial charge in [0, 0.05) is 42.0 Å². The summed E-state index contributed by atoms with van der Waals surface area (Å²) < 4.78 is 28.6. The molecular formula is C15H20BrN3O2S. The molecule has 0 aliphatic carbocycles. The fourth-order valence-electron chi connectivity index (χ4n) is 3.31. The molecule has 7 heteroatoms. The van der Waals surface area contributed by atoms with Gasteiger partial charge in [-0.1, -0.05) is 0 Å². The summed E-state index contributed by atoms with van der Waals surface area (Å²) in [5.41, 5.74) is 1.82. The highest BCUT2D eigenvalue weighted by Crippen LogP contribution is 2.32. The number of sulfonamides is 1. The minimum atomic E-state index is -3.19. The van der Waals surface area contributed by atoms with Gasteiger partial charge in [0.25, 0.3) is 0 Å². The van der Waals surface area contributed by atoms with Gasteiger partial charge in [0.1, 0.15) is 0 Å². The molecule has 0 radical (unpaired) electrons. The topological polar surface area (TPSA) is 45.0 Å². The van der Waals surface area contributed by atoms with Gasteiger partial charge in [-0.15, -0.1) is 0 Å². The maximum absolute atomic E-state index is 12.0. The number of hydrogen-bond acceptors (Lipinski definition) is 3. The Morgan fingerprint density at radius 3 is 2.64 bits per heavy atom. The standard InChI is InChI=1S/C15H20BrN3O2S/c1-15(2)11-18(7-8-19(15)22(3,20)21)14-9-12(16)10-17-6-4-5-13(14)17/h4-6,9-10H,7-8,11H2,1-3H3. The Balaban J connectivity index is 1.99. The SMILES string of the molecule is CC1(C)CN(c2cc(Br)cn3cccc23)CCN1S(C)(=O)=O. The monoisotopic (exact) mass is 385 g/mol. The van der Waals surface area contributed by atoms with E-state index in [1.807, 2.05) is 32.3 Å². The van der Waals surface area contributed by atoms with Gasteiger partial charge in [0.2, 0.25) is 10.0 Å². The number of hydrogen-bond donors (Lipinski definition) is 0. The summed E-state index contributed by atoms with van der Waals surface area (Å²) in [5, 5.41) is 0. The predicted molar refractivity (Wildman–Crippen MR) is 92.9 cm³/mol. The molecule has 120 valence electrons.